The Balaban J connectivity index is 1.92. The van der Waals surface area contributed by atoms with Gasteiger partial charge >= 0.3 is 5.97 Å². The maximum absolute atomic E-state index is 11.3. The Morgan fingerprint density at radius 2 is 2.28 bits per heavy atom. The van der Waals surface area contributed by atoms with E-state index in [2.05, 4.69) is 9.97 Å². The van der Waals surface area contributed by atoms with Crippen LogP contribution in [0, 0.1) is 5.92 Å². The average molecular weight is 267 g/mol. The van der Waals surface area contributed by atoms with E-state index in [9.17, 15) is 4.79 Å². The molecule has 2 rings (SSSR count). The fourth-order valence-electron chi connectivity index (χ4n) is 1.90. The number of nitrogens with zero attached hydrogens (tertiary/aromatic N) is 2. The average Bonchev–Trinajstić information content (AvgIpc) is 2.31. The third-order valence-electron chi connectivity index (χ3n) is 3.04. The molecule has 98 valence electrons. The van der Waals surface area contributed by atoms with Crippen molar-refractivity contribution in [1.82, 2.24) is 9.97 Å². The summed E-state index contributed by atoms with van der Waals surface area (Å²) < 4.78 is 4.71. The van der Waals surface area contributed by atoms with Crippen molar-refractivity contribution in [2.24, 2.45) is 5.92 Å². The normalized spacial score (nSPS) is 22.3. The van der Waals surface area contributed by atoms with Crippen LogP contribution in [-0.4, -0.2) is 28.3 Å². The number of nitrogens with two attached hydrogens (primary N) is 1. The van der Waals surface area contributed by atoms with Gasteiger partial charge in [0.05, 0.1) is 13.0 Å². The molecule has 1 aliphatic carbocycles. The molecule has 0 bridgehead atoms. The van der Waals surface area contributed by atoms with Gasteiger partial charge in [0.25, 0.3) is 0 Å². The molecule has 0 atom stereocenters. The molecular formula is C12H17N3O2S. The molecule has 0 unspecified atom stereocenters. The summed E-state index contributed by atoms with van der Waals surface area (Å²) in [6.45, 7) is 2.03. The first-order valence-corrected chi connectivity index (χ1v) is 6.88. The molecule has 1 aromatic rings. The molecule has 6 heteroatoms. The van der Waals surface area contributed by atoms with Gasteiger partial charge in [0.1, 0.15) is 5.82 Å². The molecule has 0 radical (unpaired) electrons. The molecule has 1 heterocycles. The van der Waals surface area contributed by atoms with Crippen LogP contribution in [0.15, 0.2) is 11.2 Å². The van der Waals surface area contributed by atoms with E-state index >= 15 is 0 Å². The number of aromatic nitrogens is 2. The summed E-state index contributed by atoms with van der Waals surface area (Å²) >= 11 is 1.60. The Labute approximate surface area is 111 Å². The van der Waals surface area contributed by atoms with E-state index in [0.29, 0.717) is 16.2 Å². The minimum atomic E-state index is -0.116. The molecule has 2 N–H and O–H groups in total. The van der Waals surface area contributed by atoms with Crippen molar-refractivity contribution in [2.75, 3.05) is 12.8 Å². The minimum absolute atomic E-state index is 0.0409. The molecule has 0 aromatic carbocycles. The lowest BCUT2D eigenvalue weighted by Gasteiger charge is -2.31. The summed E-state index contributed by atoms with van der Waals surface area (Å²) in [5.41, 5.74) is 6.68. The lowest BCUT2D eigenvalue weighted by atomic mass is 9.85. The molecule has 1 aromatic heterocycles. The molecule has 0 amide bonds. The monoisotopic (exact) mass is 267 g/mol. The van der Waals surface area contributed by atoms with Crippen LogP contribution in [0.25, 0.3) is 0 Å². The molecule has 18 heavy (non-hydrogen) atoms. The van der Waals surface area contributed by atoms with Crippen LogP contribution >= 0.6 is 11.8 Å². The Hall–Kier alpha value is -1.30. The molecule has 0 saturated heterocycles. The number of hydrogen-bond acceptors (Lipinski definition) is 6. The number of carbonyl (C=O) groups excluding carboxylic acids is 1. The van der Waals surface area contributed by atoms with Gasteiger partial charge in [-0.3, -0.25) is 4.79 Å². The van der Waals surface area contributed by atoms with Crippen molar-refractivity contribution >= 4 is 23.5 Å². The Morgan fingerprint density at radius 1 is 1.56 bits per heavy atom. The zero-order chi connectivity index (χ0) is 13.1. The quantitative estimate of drug-likeness (QED) is 0.660. The third-order valence-corrected chi connectivity index (χ3v) is 4.15. The Kier molecular flexibility index (Phi) is 4.06. The first-order chi connectivity index (χ1) is 8.62. The highest BCUT2D eigenvalue weighted by molar-refractivity contribution is 7.99. The predicted octanol–water partition coefficient (Wildman–Crippen LogP) is 1.66. The number of nitrogen functional groups attached to an aromatic ring is 1. The fourth-order valence-corrected chi connectivity index (χ4v) is 3.18. The summed E-state index contributed by atoms with van der Waals surface area (Å²) in [4.78, 5) is 19.9. The minimum Gasteiger partial charge on any atom is -0.469 e. The van der Waals surface area contributed by atoms with Gasteiger partial charge in [0, 0.05) is 17.0 Å². The van der Waals surface area contributed by atoms with Crippen LogP contribution in [0.3, 0.4) is 0 Å². The highest BCUT2D eigenvalue weighted by Crippen LogP contribution is 2.40. The van der Waals surface area contributed by atoms with Crippen LogP contribution in [0.2, 0.25) is 0 Å². The number of hydrogen-bond donors (Lipinski definition) is 1. The molecule has 0 spiro atoms. The van der Waals surface area contributed by atoms with E-state index in [4.69, 9.17) is 10.5 Å². The van der Waals surface area contributed by atoms with Crippen LogP contribution in [0.5, 0.6) is 0 Å². The molecule has 5 nitrogen and oxygen atoms in total. The van der Waals surface area contributed by atoms with Crippen LogP contribution < -0.4 is 5.73 Å². The van der Waals surface area contributed by atoms with Crippen LogP contribution in [0.4, 0.5) is 5.82 Å². The molecule has 1 aliphatic rings. The first kappa shape index (κ1) is 13.1. The predicted molar refractivity (Wildman–Crippen MR) is 70.2 cm³/mol. The highest BCUT2D eigenvalue weighted by atomic mass is 32.2. The molecule has 0 aliphatic heterocycles. The number of carbonyl (C=O) groups is 1. The third kappa shape index (κ3) is 2.93. The highest BCUT2D eigenvalue weighted by Gasteiger charge is 2.36. The Bertz CT molecular complexity index is 447. The van der Waals surface area contributed by atoms with E-state index in [1.165, 1.54) is 7.11 Å². The topological polar surface area (TPSA) is 78.1 Å². The van der Waals surface area contributed by atoms with E-state index in [0.717, 1.165) is 25.0 Å². The second-order valence-corrected chi connectivity index (χ2v) is 5.62. The molecule has 1 saturated carbocycles. The maximum atomic E-state index is 11.3. The van der Waals surface area contributed by atoms with Crippen molar-refractivity contribution in [3.8, 4) is 0 Å². The van der Waals surface area contributed by atoms with Gasteiger partial charge in [0.15, 0.2) is 5.16 Å². The van der Waals surface area contributed by atoms with Gasteiger partial charge in [-0.25, -0.2) is 9.97 Å². The van der Waals surface area contributed by atoms with Crippen molar-refractivity contribution in [3.63, 3.8) is 0 Å². The van der Waals surface area contributed by atoms with Crippen molar-refractivity contribution < 1.29 is 9.53 Å². The summed E-state index contributed by atoms with van der Waals surface area (Å²) in [6, 6.07) is 1.79. The van der Waals surface area contributed by atoms with E-state index in [1.54, 1.807) is 17.8 Å². The molecular weight excluding hydrogens is 250 g/mol. The number of aryl methyl sites for hydroxylation is 1. The first-order valence-electron chi connectivity index (χ1n) is 6.00. The Morgan fingerprint density at radius 3 is 2.89 bits per heavy atom. The second-order valence-electron chi connectivity index (χ2n) is 4.35. The van der Waals surface area contributed by atoms with Gasteiger partial charge < -0.3 is 10.5 Å². The van der Waals surface area contributed by atoms with Gasteiger partial charge in [-0.2, -0.15) is 0 Å². The number of ether oxygens (including phenoxy) is 1. The SMILES string of the molecule is CCc1cc(N)nc(SC2CC(C(=O)OC)C2)n1. The summed E-state index contributed by atoms with van der Waals surface area (Å²) in [7, 11) is 1.43. The van der Waals surface area contributed by atoms with Gasteiger partial charge in [-0.15, -0.1) is 0 Å². The maximum Gasteiger partial charge on any atom is 0.308 e. The van der Waals surface area contributed by atoms with Gasteiger partial charge in [0.2, 0.25) is 0 Å². The summed E-state index contributed by atoms with van der Waals surface area (Å²) in [6.07, 6.45) is 2.50. The van der Waals surface area contributed by atoms with E-state index in [1.807, 2.05) is 6.92 Å². The summed E-state index contributed by atoms with van der Waals surface area (Å²) in [5.74, 6) is 0.432. The van der Waals surface area contributed by atoms with Crippen LogP contribution in [-0.2, 0) is 16.0 Å². The van der Waals surface area contributed by atoms with Gasteiger partial charge in [-0.05, 0) is 19.3 Å². The number of esters is 1. The van der Waals surface area contributed by atoms with Crippen molar-refractivity contribution in [3.05, 3.63) is 11.8 Å². The standard InChI is InChI=1S/C12H17N3O2S/c1-3-8-6-10(13)15-12(14-8)18-9-4-7(5-9)11(16)17-2/h6-7,9H,3-5H2,1-2H3,(H2,13,14,15). The smallest absolute Gasteiger partial charge is 0.308 e. The zero-order valence-corrected chi connectivity index (χ0v) is 11.4. The zero-order valence-electron chi connectivity index (χ0n) is 10.5. The number of thioether (sulfide) groups is 1. The van der Waals surface area contributed by atoms with E-state index in [-0.39, 0.29) is 11.9 Å². The van der Waals surface area contributed by atoms with Crippen molar-refractivity contribution in [2.45, 2.75) is 36.6 Å². The second kappa shape index (κ2) is 5.56. The number of methoxy groups -OCH3 is 1. The van der Waals surface area contributed by atoms with Crippen LogP contribution in [0.1, 0.15) is 25.5 Å². The lowest BCUT2D eigenvalue weighted by Crippen LogP contribution is -2.33. The number of rotatable bonds is 4. The number of anilines is 1. The summed E-state index contributed by atoms with van der Waals surface area (Å²) in [5, 5.41) is 1.10. The fraction of sp³-hybridized carbons (Fsp3) is 0.583. The van der Waals surface area contributed by atoms with Gasteiger partial charge in [-0.1, -0.05) is 18.7 Å². The molecule has 1 fully saturated rings. The largest absolute Gasteiger partial charge is 0.469 e. The van der Waals surface area contributed by atoms with E-state index < -0.39 is 0 Å². The van der Waals surface area contributed by atoms with Crippen molar-refractivity contribution in [1.29, 1.82) is 0 Å². The lowest BCUT2D eigenvalue weighted by molar-refractivity contribution is -0.148.